The van der Waals surface area contributed by atoms with E-state index in [4.69, 9.17) is 4.74 Å². The van der Waals surface area contributed by atoms with E-state index < -0.39 is 0 Å². The van der Waals surface area contributed by atoms with Crippen LogP contribution >= 0.6 is 0 Å². The minimum Gasteiger partial charge on any atom is -0.491 e. The highest BCUT2D eigenvalue weighted by atomic mass is 16.5. The normalized spacial score (nSPS) is 14.4. The quantitative estimate of drug-likeness (QED) is 0.897. The molecule has 3 rings (SSSR count). The van der Waals surface area contributed by atoms with Gasteiger partial charge in [-0.2, -0.15) is 0 Å². The Labute approximate surface area is 154 Å². The van der Waals surface area contributed by atoms with Crippen molar-refractivity contribution < 1.29 is 9.53 Å². The third-order valence-corrected chi connectivity index (χ3v) is 4.33. The van der Waals surface area contributed by atoms with Gasteiger partial charge in [-0.1, -0.05) is 0 Å². The van der Waals surface area contributed by atoms with Gasteiger partial charge in [0.15, 0.2) is 0 Å². The molecule has 6 nitrogen and oxygen atoms in total. The molecule has 0 spiro atoms. The van der Waals surface area contributed by atoms with E-state index in [1.165, 1.54) is 0 Å². The molecule has 2 amide bonds. The molecule has 138 valence electrons. The molecular weight excluding hydrogens is 328 g/mol. The first-order valence-electron chi connectivity index (χ1n) is 9.05. The summed E-state index contributed by atoms with van der Waals surface area (Å²) in [6.45, 7) is 7.65. The van der Waals surface area contributed by atoms with Gasteiger partial charge in [0.1, 0.15) is 5.75 Å². The molecule has 0 atom stereocenters. The number of rotatable bonds is 5. The number of benzene rings is 1. The highest BCUT2D eigenvalue weighted by molar-refractivity contribution is 5.74. The van der Waals surface area contributed by atoms with Crippen LogP contribution in [0.25, 0.3) is 0 Å². The highest BCUT2D eigenvalue weighted by Gasteiger charge is 2.21. The Hall–Kier alpha value is -2.76. The Bertz CT molecular complexity index is 696. The Morgan fingerprint density at radius 3 is 2.35 bits per heavy atom. The summed E-state index contributed by atoms with van der Waals surface area (Å²) < 4.78 is 5.68. The fraction of sp³-hybridized carbons (Fsp3) is 0.400. The van der Waals surface area contributed by atoms with Crippen molar-refractivity contribution in [3.63, 3.8) is 0 Å². The number of urea groups is 1. The van der Waals surface area contributed by atoms with E-state index in [9.17, 15) is 4.79 Å². The lowest BCUT2D eigenvalue weighted by molar-refractivity contribution is 0.194. The molecule has 1 aliphatic rings. The molecule has 0 radical (unpaired) electrons. The van der Waals surface area contributed by atoms with Crippen molar-refractivity contribution in [1.82, 2.24) is 15.2 Å². The lowest BCUT2D eigenvalue weighted by atomic mass is 10.2. The third kappa shape index (κ3) is 4.88. The van der Waals surface area contributed by atoms with Crippen LogP contribution in [0.15, 0.2) is 48.8 Å². The number of carbonyl (C=O) groups excluding carboxylic acids is 1. The number of carbonyl (C=O) groups is 1. The summed E-state index contributed by atoms with van der Waals surface area (Å²) in [6.07, 6.45) is 3.64. The molecule has 0 saturated carbocycles. The largest absolute Gasteiger partial charge is 0.491 e. The van der Waals surface area contributed by atoms with Crippen LogP contribution < -0.4 is 15.0 Å². The second-order valence-electron chi connectivity index (χ2n) is 6.65. The Kier molecular flexibility index (Phi) is 5.94. The monoisotopic (exact) mass is 354 g/mol. The maximum absolute atomic E-state index is 12.3. The van der Waals surface area contributed by atoms with Crippen LogP contribution in [-0.4, -0.2) is 48.2 Å². The standard InChI is InChI=1S/C20H26N4O2/c1-16(2)26-19-5-3-18(4-6-19)23-11-13-24(14-12-23)20(25)22-15-17-7-9-21-10-8-17/h3-10,16H,11-15H2,1-2H3,(H,22,25). The van der Waals surface area contributed by atoms with Gasteiger partial charge in [-0.25, -0.2) is 4.79 Å². The average Bonchev–Trinajstić information content (AvgIpc) is 2.67. The molecule has 0 unspecified atom stereocenters. The summed E-state index contributed by atoms with van der Waals surface area (Å²) >= 11 is 0. The molecule has 1 fully saturated rings. The molecule has 6 heteroatoms. The van der Waals surface area contributed by atoms with Crippen molar-refractivity contribution in [3.05, 3.63) is 54.4 Å². The van der Waals surface area contributed by atoms with Crippen molar-refractivity contribution in [2.75, 3.05) is 31.1 Å². The van der Waals surface area contributed by atoms with Gasteiger partial charge in [-0.15, -0.1) is 0 Å². The summed E-state index contributed by atoms with van der Waals surface area (Å²) in [5.74, 6) is 0.887. The summed E-state index contributed by atoms with van der Waals surface area (Å²) in [6, 6.07) is 12.0. The second kappa shape index (κ2) is 8.56. The number of ether oxygens (including phenoxy) is 1. The van der Waals surface area contributed by atoms with Gasteiger partial charge in [0.25, 0.3) is 0 Å². The first kappa shape index (κ1) is 18.0. The summed E-state index contributed by atoms with van der Waals surface area (Å²) in [7, 11) is 0. The number of nitrogens with zero attached hydrogens (tertiary/aromatic N) is 3. The summed E-state index contributed by atoms with van der Waals surface area (Å²) in [4.78, 5) is 20.5. The highest BCUT2D eigenvalue weighted by Crippen LogP contribution is 2.21. The van der Waals surface area contributed by atoms with Gasteiger partial charge in [0, 0.05) is 50.8 Å². The SMILES string of the molecule is CC(C)Oc1ccc(N2CCN(C(=O)NCc3ccncc3)CC2)cc1. The number of amides is 2. The van der Waals surface area contributed by atoms with Gasteiger partial charge in [-0.3, -0.25) is 4.98 Å². The van der Waals surface area contributed by atoms with Crippen LogP contribution in [0.3, 0.4) is 0 Å². The average molecular weight is 354 g/mol. The topological polar surface area (TPSA) is 57.7 Å². The van der Waals surface area contributed by atoms with Crippen molar-refractivity contribution in [3.8, 4) is 5.75 Å². The minimum absolute atomic E-state index is 0.0119. The Balaban J connectivity index is 1.47. The maximum atomic E-state index is 12.3. The molecule has 1 saturated heterocycles. The number of nitrogens with one attached hydrogen (secondary N) is 1. The molecular formula is C20H26N4O2. The molecule has 1 N–H and O–H groups in total. The van der Waals surface area contributed by atoms with E-state index in [-0.39, 0.29) is 12.1 Å². The zero-order valence-electron chi connectivity index (χ0n) is 15.4. The zero-order chi connectivity index (χ0) is 18.4. The number of hydrogen-bond acceptors (Lipinski definition) is 4. The van der Waals surface area contributed by atoms with Crippen molar-refractivity contribution in [2.45, 2.75) is 26.5 Å². The molecule has 2 aromatic rings. The summed E-state index contributed by atoms with van der Waals surface area (Å²) in [5, 5.41) is 2.97. The number of aromatic nitrogens is 1. The maximum Gasteiger partial charge on any atom is 0.317 e. The van der Waals surface area contributed by atoms with Crippen molar-refractivity contribution >= 4 is 11.7 Å². The molecule has 1 aromatic heterocycles. The van der Waals surface area contributed by atoms with E-state index >= 15 is 0 Å². The van der Waals surface area contributed by atoms with Crippen LogP contribution in [-0.2, 0) is 6.54 Å². The van der Waals surface area contributed by atoms with Crippen molar-refractivity contribution in [1.29, 1.82) is 0 Å². The minimum atomic E-state index is -0.0119. The van der Waals surface area contributed by atoms with E-state index in [1.807, 2.05) is 43.0 Å². The molecule has 1 aliphatic heterocycles. The second-order valence-corrected chi connectivity index (χ2v) is 6.65. The number of piperazine rings is 1. The van der Waals surface area contributed by atoms with Gasteiger partial charge in [0.05, 0.1) is 6.10 Å². The number of anilines is 1. The fourth-order valence-electron chi connectivity index (χ4n) is 2.97. The smallest absolute Gasteiger partial charge is 0.317 e. The van der Waals surface area contributed by atoms with Gasteiger partial charge < -0.3 is 19.9 Å². The van der Waals surface area contributed by atoms with Crippen LogP contribution in [0, 0.1) is 0 Å². The molecule has 0 aliphatic carbocycles. The first-order chi connectivity index (χ1) is 12.6. The lowest BCUT2D eigenvalue weighted by Crippen LogP contribution is -2.51. The van der Waals surface area contributed by atoms with Crippen LogP contribution in [0.2, 0.25) is 0 Å². The molecule has 1 aromatic carbocycles. The Morgan fingerprint density at radius 1 is 1.08 bits per heavy atom. The molecule has 0 bridgehead atoms. The van der Waals surface area contributed by atoms with Crippen LogP contribution in [0.4, 0.5) is 10.5 Å². The third-order valence-electron chi connectivity index (χ3n) is 4.33. The van der Waals surface area contributed by atoms with Crippen molar-refractivity contribution in [2.24, 2.45) is 0 Å². The lowest BCUT2D eigenvalue weighted by Gasteiger charge is -2.36. The molecule has 2 heterocycles. The fourth-order valence-corrected chi connectivity index (χ4v) is 2.97. The number of hydrogen-bond donors (Lipinski definition) is 1. The van der Waals surface area contributed by atoms with E-state index in [1.54, 1.807) is 12.4 Å². The molecule has 26 heavy (non-hydrogen) atoms. The van der Waals surface area contributed by atoms with Gasteiger partial charge in [0.2, 0.25) is 0 Å². The first-order valence-corrected chi connectivity index (χ1v) is 9.05. The Morgan fingerprint density at radius 2 is 1.73 bits per heavy atom. The van der Waals surface area contributed by atoms with Crippen LogP contribution in [0.1, 0.15) is 19.4 Å². The van der Waals surface area contributed by atoms with E-state index in [2.05, 4.69) is 27.3 Å². The van der Waals surface area contributed by atoms with E-state index in [0.717, 1.165) is 30.1 Å². The van der Waals surface area contributed by atoms with Crippen LogP contribution in [0.5, 0.6) is 5.75 Å². The van der Waals surface area contributed by atoms with E-state index in [0.29, 0.717) is 19.6 Å². The predicted molar refractivity (Wildman–Crippen MR) is 102 cm³/mol. The summed E-state index contributed by atoms with van der Waals surface area (Å²) in [5.41, 5.74) is 2.22. The van der Waals surface area contributed by atoms with Gasteiger partial charge in [-0.05, 0) is 55.8 Å². The number of pyridine rings is 1. The van der Waals surface area contributed by atoms with Gasteiger partial charge >= 0.3 is 6.03 Å². The zero-order valence-corrected chi connectivity index (χ0v) is 15.4. The predicted octanol–water partition coefficient (Wildman–Crippen LogP) is 2.90.